The van der Waals surface area contributed by atoms with Gasteiger partial charge >= 0.3 is 6.09 Å². The summed E-state index contributed by atoms with van der Waals surface area (Å²) < 4.78 is 33.1. The average molecular weight is 575 g/mol. The summed E-state index contributed by atoms with van der Waals surface area (Å²) >= 11 is 0. The van der Waals surface area contributed by atoms with Crippen molar-refractivity contribution in [1.82, 2.24) is 19.9 Å². The molecule has 4 aromatic rings. The van der Waals surface area contributed by atoms with Gasteiger partial charge in [0.05, 0.1) is 11.3 Å². The first-order valence-electron chi connectivity index (χ1n) is 14.1. The first-order valence-corrected chi connectivity index (χ1v) is 14.1. The van der Waals surface area contributed by atoms with Crippen molar-refractivity contribution in [2.24, 2.45) is 5.92 Å². The highest BCUT2D eigenvalue weighted by Crippen LogP contribution is 2.50. The van der Waals surface area contributed by atoms with Crippen molar-refractivity contribution < 1.29 is 23.4 Å². The number of aryl methyl sites for hydroxylation is 1. The fraction of sp³-hybridized carbons (Fsp3) is 0.355. The molecule has 0 radical (unpaired) electrons. The van der Waals surface area contributed by atoms with Gasteiger partial charge in [-0.2, -0.15) is 0 Å². The minimum absolute atomic E-state index is 0.0262. The third kappa shape index (κ3) is 5.90. The molecular formula is C31H32F2N6O3. The van der Waals surface area contributed by atoms with Crippen LogP contribution in [0.3, 0.4) is 0 Å². The molecule has 3 heterocycles. The number of nitrogens with zero attached hydrogens (tertiary/aromatic N) is 4. The molecule has 42 heavy (non-hydrogen) atoms. The summed E-state index contributed by atoms with van der Waals surface area (Å²) in [5.74, 6) is -1.63. The van der Waals surface area contributed by atoms with Crippen molar-refractivity contribution in [2.45, 2.75) is 44.6 Å². The van der Waals surface area contributed by atoms with E-state index in [4.69, 9.17) is 9.72 Å². The number of amides is 1. The maximum atomic E-state index is 13.3. The van der Waals surface area contributed by atoms with E-state index in [1.54, 1.807) is 18.5 Å². The van der Waals surface area contributed by atoms with E-state index >= 15 is 0 Å². The number of rotatable bonds is 9. The van der Waals surface area contributed by atoms with E-state index in [-0.39, 0.29) is 12.5 Å². The molecule has 2 aromatic heterocycles. The number of nitrogens with one attached hydrogen (secondary N) is 2. The molecular weight excluding hydrogens is 542 g/mol. The fourth-order valence-electron chi connectivity index (χ4n) is 5.49. The van der Waals surface area contributed by atoms with Crippen molar-refractivity contribution in [2.75, 3.05) is 30.3 Å². The molecule has 1 aliphatic heterocycles. The molecule has 2 aliphatic rings. The SMILES string of the molecule is Cc1ccc2c(NCC[C@@H]3CC3(F)F)cccc2c1Oc1ncccc1-c1ccnc(NC2CCCN(C(=O)O)C2)n1. The second-order valence-electron chi connectivity index (χ2n) is 10.9. The van der Waals surface area contributed by atoms with Crippen molar-refractivity contribution in [3.05, 3.63) is 66.5 Å². The number of piperidine rings is 1. The zero-order valence-corrected chi connectivity index (χ0v) is 23.2. The molecule has 11 heteroatoms. The summed E-state index contributed by atoms with van der Waals surface area (Å²) in [5.41, 5.74) is 3.06. The minimum atomic E-state index is -2.52. The average Bonchev–Trinajstić information content (AvgIpc) is 3.60. The number of ether oxygens (including phenoxy) is 1. The fourth-order valence-corrected chi connectivity index (χ4v) is 5.49. The van der Waals surface area contributed by atoms with Gasteiger partial charge in [0.15, 0.2) is 0 Å². The van der Waals surface area contributed by atoms with Crippen LogP contribution < -0.4 is 15.4 Å². The molecule has 2 fully saturated rings. The number of likely N-dealkylation sites (tertiary alicyclic amines) is 1. The second kappa shape index (κ2) is 11.4. The lowest BCUT2D eigenvalue weighted by Gasteiger charge is -2.31. The van der Waals surface area contributed by atoms with E-state index in [1.165, 1.54) is 4.90 Å². The third-order valence-corrected chi connectivity index (χ3v) is 7.90. The lowest BCUT2D eigenvalue weighted by atomic mass is 10.0. The van der Waals surface area contributed by atoms with Gasteiger partial charge in [0.1, 0.15) is 5.75 Å². The van der Waals surface area contributed by atoms with Gasteiger partial charge in [-0.25, -0.2) is 28.5 Å². The Balaban J connectivity index is 1.24. The summed E-state index contributed by atoms with van der Waals surface area (Å²) in [6, 6.07) is 15.2. The summed E-state index contributed by atoms with van der Waals surface area (Å²) in [4.78, 5) is 26.4. The Bertz CT molecular complexity index is 1620. The van der Waals surface area contributed by atoms with Crippen molar-refractivity contribution in [3.63, 3.8) is 0 Å². The highest BCUT2D eigenvalue weighted by atomic mass is 19.3. The van der Waals surface area contributed by atoms with Crippen LogP contribution in [0, 0.1) is 12.8 Å². The summed E-state index contributed by atoms with van der Waals surface area (Å²) in [5, 5.41) is 17.8. The monoisotopic (exact) mass is 574 g/mol. The number of anilines is 2. The van der Waals surface area contributed by atoms with E-state index < -0.39 is 17.9 Å². The van der Waals surface area contributed by atoms with Crippen LogP contribution in [0.2, 0.25) is 0 Å². The van der Waals surface area contributed by atoms with Crippen molar-refractivity contribution in [3.8, 4) is 22.9 Å². The van der Waals surface area contributed by atoms with Crippen molar-refractivity contribution >= 4 is 28.5 Å². The predicted octanol–water partition coefficient (Wildman–Crippen LogP) is 6.80. The molecule has 1 aliphatic carbocycles. The highest BCUT2D eigenvalue weighted by molar-refractivity contribution is 5.98. The van der Waals surface area contributed by atoms with Crippen LogP contribution >= 0.6 is 0 Å². The lowest BCUT2D eigenvalue weighted by Crippen LogP contribution is -2.44. The van der Waals surface area contributed by atoms with Crippen LogP contribution in [0.15, 0.2) is 60.9 Å². The first-order chi connectivity index (χ1) is 20.3. The Morgan fingerprint density at radius 2 is 1.98 bits per heavy atom. The number of alkyl halides is 2. The summed E-state index contributed by atoms with van der Waals surface area (Å²) in [7, 11) is 0. The Labute approximate surface area is 242 Å². The molecule has 1 saturated carbocycles. The van der Waals surface area contributed by atoms with E-state index in [2.05, 4.69) is 20.6 Å². The zero-order chi connectivity index (χ0) is 29.3. The molecule has 0 spiro atoms. The Hall–Kier alpha value is -4.54. The van der Waals surface area contributed by atoms with Crippen LogP contribution in [0.4, 0.5) is 25.2 Å². The summed E-state index contributed by atoms with van der Waals surface area (Å²) in [6.07, 6.45) is 4.36. The molecule has 0 bridgehead atoms. The topological polar surface area (TPSA) is 112 Å². The number of halogens is 2. The number of fused-ring (bicyclic) bond motifs is 1. The van der Waals surface area contributed by atoms with Gasteiger partial charge in [0, 0.05) is 66.9 Å². The van der Waals surface area contributed by atoms with E-state index in [0.29, 0.717) is 54.9 Å². The van der Waals surface area contributed by atoms with E-state index in [0.717, 1.165) is 34.9 Å². The number of aromatic nitrogens is 3. The number of pyridine rings is 1. The Morgan fingerprint density at radius 1 is 1.12 bits per heavy atom. The molecule has 9 nitrogen and oxygen atoms in total. The van der Waals surface area contributed by atoms with Crippen molar-refractivity contribution in [1.29, 1.82) is 0 Å². The molecule has 2 atom stereocenters. The molecule has 1 amide bonds. The standard InChI is InChI=1S/C31H32F2N6O3/c1-19-9-10-22-23(6-2-8-25(22)34-14-11-20-17-31(20,32)33)27(19)42-28-24(7-3-13-35-28)26-12-15-36-29(38-26)37-21-5-4-16-39(18-21)30(40)41/h2-3,6-10,12-13,15,20-21,34H,4-5,11,14,16-18H2,1H3,(H,40,41)(H,36,37,38)/t20-,21?/m1/s1. The number of benzene rings is 2. The highest BCUT2D eigenvalue weighted by Gasteiger charge is 2.55. The number of carbonyl (C=O) groups is 1. The normalized spacial score (nSPS) is 19.4. The van der Waals surface area contributed by atoms with Crippen LogP contribution in [0.5, 0.6) is 11.6 Å². The molecule has 218 valence electrons. The maximum absolute atomic E-state index is 13.3. The Morgan fingerprint density at radius 3 is 2.79 bits per heavy atom. The minimum Gasteiger partial charge on any atom is -0.465 e. The maximum Gasteiger partial charge on any atom is 0.407 e. The van der Waals surface area contributed by atoms with Crippen LogP contribution in [0.25, 0.3) is 22.0 Å². The zero-order valence-electron chi connectivity index (χ0n) is 23.2. The summed E-state index contributed by atoms with van der Waals surface area (Å²) in [6.45, 7) is 3.32. The Kier molecular flexibility index (Phi) is 7.49. The van der Waals surface area contributed by atoms with Gasteiger partial charge < -0.3 is 25.4 Å². The van der Waals surface area contributed by atoms with Gasteiger partial charge in [-0.05, 0) is 56.0 Å². The quantitative estimate of drug-likeness (QED) is 0.200. The van der Waals surface area contributed by atoms with E-state index in [1.807, 2.05) is 49.4 Å². The van der Waals surface area contributed by atoms with Gasteiger partial charge in [-0.3, -0.25) is 0 Å². The van der Waals surface area contributed by atoms with Gasteiger partial charge in [0.2, 0.25) is 11.8 Å². The van der Waals surface area contributed by atoms with Crippen LogP contribution in [-0.4, -0.2) is 62.7 Å². The molecule has 6 rings (SSSR count). The predicted molar refractivity (Wildman–Crippen MR) is 156 cm³/mol. The third-order valence-electron chi connectivity index (χ3n) is 7.90. The molecule has 2 aromatic carbocycles. The molecule has 3 N–H and O–H groups in total. The van der Waals surface area contributed by atoms with E-state index in [9.17, 15) is 18.7 Å². The molecule has 1 unspecified atom stereocenters. The van der Waals surface area contributed by atoms with Gasteiger partial charge in [-0.15, -0.1) is 0 Å². The smallest absolute Gasteiger partial charge is 0.407 e. The van der Waals surface area contributed by atoms with Gasteiger partial charge in [0.25, 0.3) is 5.92 Å². The van der Waals surface area contributed by atoms with Crippen LogP contribution in [0.1, 0.15) is 31.2 Å². The van der Waals surface area contributed by atoms with Gasteiger partial charge in [-0.1, -0.05) is 24.3 Å². The number of hydrogen-bond donors (Lipinski definition) is 3. The van der Waals surface area contributed by atoms with Crippen LogP contribution in [-0.2, 0) is 0 Å². The number of carboxylic acid groups (broad SMARTS) is 1. The first kappa shape index (κ1) is 27.6. The largest absolute Gasteiger partial charge is 0.465 e. The second-order valence-corrected chi connectivity index (χ2v) is 10.9. The number of hydrogen-bond acceptors (Lipinski definition) is 7. The lowest BCUT2D eigenvalue weighted by molar-refractivity contribution is 0.0978. The molecule has 1 saturated heterocycles.